The van der Waals surface area contributed by atoms with E-state index in [1.54, 1.807) is 0 Å². The molecule has 0 spiro atoms. The van der Waals surface area contributed by atoms with E-state index in [9.17, 15) is 0 Å². The van der Waals surface area contributed by atoms with E-state index in [0.717, 1.165) is 12.8 Å². The van der Waals surface area contributed by atoms with Gasteiger partial charge in [-0.15, -0.1) is 37.1 Å². The van der Waals surface area contributed by atoms with Crippen LogP contribution in [-0.4, -0.2) is 0 Å². The molecular weight excluding hydrogens is 283 g/mol. The summed E-state index contributed by atoms with van der Waals surface area (Å²) in [4.78, 5) is 0. The van der Waals surface area contributed by atoms with Gasteiger partial charge in [-0.1, -0.05) is 0 Å². The summed E-state index contributed by atoms with van der Waals surface area (Å²) in [6.45, 7) is 4.04. The van der Waals surface area contributed by atoms with Gasteiger partial charge >= 0.3 is 26.2 Å². The summed E-state index contributed by atoms with van der Waals surface area (Å²) in [6, 6.07) is 0. The molecule has 2 rings (SSSR count). The van der Waals surface area contributed by atoms with Gasteiger partial charge in [-0.3, -0.25) is 12.2 Å². The summed E-state index contributed by atoms with van der Waals surface area (Å²) in [5.74, 6) is 0. The Kier molecular flexibility index (Phi) is 10.1. The first-order chi connectivity index (χ1) is 7.86. The number of rotatable bonds is 2. The molecule has 0 N–H and O–H groups in total. The smallest absolute Gasteiger partial charge is 0.272 e. The zero-order valence-electron chi connectivity index (χ0n) is 10.5. The minimum atomic E-state index is 0. The molecule has 0 nitrogen and oxygen atoms in total. The van der Waals surface area contributed by atoms with Crippen molar-refractivity contribution in [3.05, 3.63) is 71.9 Å². The fourth-order valence-electron chi connectivity index (χ4n) is 1.44. The van der Waals surface area contributed by atoms with Crippen LogP contribution in [0.1, 0.15) is 26.7 Å². The minimum Gasteiger partial charge on any atom is -0.272 e. The predicted octanol–water partition coefficient (Wildman–Crippen LogP) is 4.50. The van der Waals surface area contributed by atoms with Crippen LogP contribution in [0.2, 0.25) is 0 Å². The molecular formula is C16H18Zr. The van der Waals surface area contributed by atoms with Crippen LogP contribution in [0.15, 0.2) is 59.8 Å². The van der Waals surface area contributed by atoms with Gasteiger partial charge in [0, 0.05) is 0 Å². The maximum atomic E-state index is 3.09. The van der Waals surface area contributed by atoms with Gasteiger partial charge in [0.05, 0.1) is 0 Å². The van der Waals surface area contributed by atoms with Crippen molar-refractivity contribution in [2.45, 2.75) is 26.7 Å². The number of allylic oxidation sites excluding steroid dienone is 12. The quantitative estimate of drug-likeness (QED) is 0.659. The first-order valence-corrected chi connectivity index (χ1v) is 5.65. The molecule has 0 unspecified atom stereocenters. The molecule has 0 aromatic heterocycles. The summed E-state index contributed by atoms with van der Waals surface area (Å²) in [5, 5.41) is 0. The molecule has 0 atom stereocenters. The molecule has 86 valence electrons. The summed E-state index contributed by atoms with van der Waals surface area (Å²) >= 11 is 0. The third kappa shape index (κ3) is 7.28. The molecule has 17 heavy (non-hydrogen) atoms. The van der Waals surface area contributed by atoms with E-state index in [2.05, 4.69) is 36.5 Å². The molecule has 0 amide bonds. The number of hydrogen-bond donors (Lipinski definition) is 0. The molecule has 0 aromatic carbocycles. The SMILES string of the molecule is CC=CC1=CC[C-]=C1.CC=CC1=CC[C-]=C1.[Zr+2]. The average molecular weight is 302 g/mol. The van der Waals surface area contributed by atoms with Gasteiger partial charge in [-0.2, -0.15) is 23.3 Å². The van der Waals surface area contributed by atoms with Gasteiger partial charge in [-0.05, 0) is 13.8 Å². The summed E-state index contributed by atoms with van der Waals surface area (Å²) < 4.78 is 0. The van der Waals surface area contributed by atoms with Crippen molar-refractivity contribution in [3.8, 4) is 0 Å². The Morgan fingerprint density at radius 2 is 1.29 bits per heavy atom. The topological polar surface area (TPSA) is 0 Å². The van der Waals surface area contributed by atoms with Crippen molar-refractivity contribution in [2.75, 3.05) is 0 Å². The van der Waals surface area contributed by atoms with Gasteiger partial charge in [0.2, 0.25) is 0 Å². The van der Waals surface area contributed by atoms with E-state index in [4.69, 9.17) is 0 Å². The van der Waals surface area contributed by atoms with Crippen molar-refractivity contribution >= 4 is 0 Å². The Morgan fingerprint density at radius 3 is 1.53 bits per heavy atom. The van der Waals surface area contributed by atoms with Crippen LogP contribution in [0.5, 0.6) is 0 Å². The Labute approximate surface area is 124 Å². The van der Waals surface area contributed by atoms with Gasteiger partial charge in [-0.25, -0.2) is 12.2 Å². The van der Waals surface area contributed by atoms with E-state index in [0.29, 0.717) is 0 Å². The van der Waals surface area contributed by atoms with Crippen molar-refractivity contribution in [1.82, 2.24) is 0 Å². The Balaban J connectivity index is 0.000000284. The summed E-state index contributed by atoms with van der Waals surface area (Å²) in [7, 11) is 0. The van der Waals surface area contributed by atoms with Crippen LogP contribution in [0, 0.1) is 12.2 Å². The van der Waals surface area contributed by atoms with Crippen molar-refractivity contribution in [2.24, 2.45) is 0 Å². The first kappa shape index (κ1) is 16.3. The van der Waals surface area contributed by atoms with Gasteiger partial charge in [0.15, 0.2) is 0 Å². The molecule has 0 bridgehead atoms. The maximum Gasteiger partial charge on any atom is 2.00 e. The molecule has 0 saturated heterocycles. The van der Waals surface area contributed by atoms with Crippen LogP contribution in [0.3, 0.4) is 0 Å². The summed E-state index contributed by atoms with van der Waals surface area (Å²) in [6.07, 6.45) is 24.7. The van der Waals surface area contributed by atoms with Crippen LogP contribution in [-0.2, 0) is 26.2 Å². The monoisotopic (exact) mass is 300 g/mol. The fraction of sp³-hybridized carbons (Fsp3) is 0.250. The van der Waals surface area contributed by atoms with E-state index in [1.165, 1.54) is 11.1 Å². The normalized spacial score (nSPS) is 16.8. The van der Waals surface area contributed by atoms with E-state index in [1.807, 2.05) is 38.2 Å². The van der Waals surface area contributed by atoms with E-state index < -0.39 is 0 Å². The van der Waals surface area contributed by atoms with Crippen molar-refractivity contribution in [3.63, 3.8) is 0 Å². The second-order valence-corrected chi connectivity index (χ2v) is 3.51. The number of hydrogen-bond acceptors (Lipinski definition) is 0. The second-order valence-electron chi connectivity index (χ2n) is 3.51. The molecule has 0 aliphatic heterocycles. The van der Waals surface area contributed by atoms with Crippen LogP contribution < -0.4 is 0 Å². The molecule has 0 heterocycles. The fourth-order valence-corrected chi connectivity index (χ4v) is 1.44. The average Bonchev–Trinajstić information content (AvgIpc) is 2.92. The van der Waals surface area contributed by atoms with Gasteiger partial charge in [0.1, 0.15) is 0 Å². The largest absolute Gasteiger partial charge is 2.00 e. The first-order valence-electron chi connectivity index (χ1n) is 5.65. The molecule has 1 heteroatoms. The maximum absolute atomic E-state index is 3.09. The second kappa shape index (κ2) is 10.5. The molecule has 0 saturated carbocycles. The van der Waals surface area contributed by atoms with E-state index in [-0.39, 0.29) is 26.2 Å². The molecule has 0 aromatic rings. The zero-order chi connectivity index (χ0) is 11.6. The van der Waals surface area contributed by atoms with Crippen LogP contribution in [0.4, 0.5) is 0 Å². The standard InChI is InChI=1S/2C8H9.Zr/c2*1-2-5-8-6-3-4-7-8;/h2*2,5-7H,3H2,1H3;/q2*-1;+2. The molecule has 2 aliphatic rings. The third-order valence-corrected chi connectivity index (χ3v) is 2.17. The Bertz CT molecular complexity index is 338. The molecule has 0 radical (unpaired) electrons. The van der Waals surface area contributed by atoms with Gasteiger partial charge in [0.25, 0.3) is 0 Å². The zero-order valence-corrected chi connectivity index (χ0v) is 13.0. The Morgan fingerprint density at radius 1 is 0.882 bits per heavy atom. The summed E-state index contributed by atoms with van der Waals surface area (Å²) in [5.41, 5.74) is 2.57. The van der Waals surface area contributed by atoms with Crippen LogP contribution in [0.25, 0.3) is 0 Å². The predicted molar refractivity (Wildman–Crippen MR) is 70.7 cm³/mol. The third-order valence-electron chi connectivity index (χ3n) is 2.17. The van der Waals surface area contributed by atoms with Crippen LogP contribution >= 0.6 is 0 Å². The Hall–Kier alpha value is -0.677. The molecule has 2 aliphatic carbocycles. The van der Waals surface area contributed by atoms with Gasteiger partial charge < -0.3 is 0 Å². The van der Waals surface area contributed by atoms with E-state index >= 15 is 0 Å². The molecule has 0 fully saturated rings. The minimum absolute atomic E-state index is 0. The van der Waals surface area contributed by atoms with Crippen molar-refractivity contribution in [1.29, 1.82) is 0 Å². The van der Waals surface area contributed by atoms with Crippen molar-refractivity contribution < 1.29 is 26.2 Å².